The number of hydrogen-bond acceptors (Lipinski definition) is 5. The lowest BCUT2D eigenvalue weighted by molar-refractivity contribution is -0.114. The van der Waals surface area contributed by atoms with Crippen molar-refractivity contribution in [2.24, 2.45) is 5.41 Å². The number of carbonyl (C=O) groups excluding carboxylic acids is 1. The summed E-state index contributed by atoms with van der Waals surface area (Å²) in [4.78, 5) is 18.8. The molecule has 21 heavy (non-hydrogen) atoms. The molecule has 1 aromatic heterocycles. The monoisotopic (exact) mass is 299 g/mol. The molecule has 0 aliphatic carbocycles. The average Bonchev–Trinajstić information content (AvgIpc) is 2.49. The predicted molar refractivity (Wildman–Crippen MR) is 85.4 cm³/mol. The maximum Gasteiger partial charge on any atom is 0.234 e. The molecule has 0 saturated carbocycles. The number of aromatic nitrogens is 2. The van der Waals surface area contributed by atoms with Crippen LogP contribution in [0.1, 0.15) is 48.5 Å². The number of carbonyl (C=O) groups is 1. The number of anilines is 1. The first-order valence-electron chi connectivity index (χ1n) is 7.26. The van der Waals surface area contributed by atoms with Crippen molar-refractivity contribution >= 4 is 11.7 Å². The Morgan fingerprint density at radius 3 is 2.33 bits per heavy atom. The summed E-state index contributed by atoms with van der Waals surface area (Å²) >= 11 is 0. The van der Waals surface area contributed by atoms with Gasteiger partial charge in [-0.05, 0) is 0 Å². The second-order valence-electron chi connectivity index (χ2n) is 4.53. The molecule has 0 spiro atoms. The summed E-state index contributed by atoms with van der Waals surface area (Å²) in [5.74, 6) is 0.446. The molecule has 2 N–H and O–H groups in total. The molecule has 1 heterocycles. The summed E-state index contributed by atoms with van der Waals surface area (Å²) in [5.41, 5.74) is -0.342. The van der Waals surface area contributed by atoms with Gasteiger partial charge in [0, 0.05) is 12.3 Å². The number of aliphatic hydroxyl groups excluding tert-OH is 1. The Bertz CT molecular complexity index is 396. The topological polar surface area (TPSA) is 84.3 Å². The van der Waals surface area contributed by atoms with E-state index in [4.69, 9.17) is 9.84 Å². The fourth-order valence-corrected chi connectivity index (χ4v) is 0.973. The quantitative estimate of drug-likeness (QED) is 0.873. The Balaban J connectivity index is 0. The van der Waals surface area contributed by atoms with Crippen molar-refractivity contribution in [3.8, 4) is 5.88 Å². The van der Waals surface area contributed by atoms with Crippen molar-refractivity contribution in [3.63, 3.8) is 0 Å². The highest BCUT2D eigenvalue weighted by Crippen LogP contribution is 2.16. The van der Waals surface area contributed by atoms with Crippen LogP contribution in [0.5, 0.6) is 5.88 Å². The van der Waals surface area contributed by atoms with E-state index in [1.807, 2.05) is 41.5 Å². The minimum absolute atomic E-state index is 0.0197. The van der Waals surface area contributed by atoms with Crippen LogP contribution in [0.2, 0.25) is 0 Å². The van der Waals surface area contributed by atoms with Crippen molar-refractivity contribution in [2.75, 3.05) is 18.5 Å². The number of aliphatic hydroxyl groups is 1. The zero-order valence-corrected chi connectivity index (χ0v) is 14.2. The van der Waals surface area contributed by atoms with E-state index in [0.29, 0.717) is 18.3 Å². The normalized spacial score (nSPS) is 9.52. The fraction of sp³-hybridized carbons (Fsp3) is 0.667. The van der Waals surface area contributed by atoms with Gasteiger partial charge in [0.25, 0.3) is 0 Å². The number of rotatable bonds is 5. The Labute approximate surface area is 128 Å². The lowest BCUT2D eigenvalue weighted by atomic mass is 9.97. The average molecular weight is 299 g/mol. The third-order valence-electron chi connectivity index (χ3n) is 1.96. The van der Waals surface area contributed by atoms with Crippen LogP contribution in [0.15, 0.2) is 12.4 Å². The van der Waals surface area contributed by atoms with Crippen LogP contribution in [0.4, 0.5) is 5.82 Å². The molecule has 0 atom stereocenters. The number of hydrogen-bond donors (Lipinski definition) is 2. The Morgan fingerprint density at radius 2 is 1.86 bits per heavy atom. The first-order valence-corrected chi connectivity index (χ1v) is 7.26. The molecule has 0 radical (unpaired) electrons. The Morgan fingerprint density at radius 1 is 1.29 bits per heavy atom. The molecule has 0 bridgehead atoms. The van der Waals surface area contributed by atoms with Crippen LogP contribution in [0.3, 0.4) is 0 Å². The van der Waals surface area contributed by atoms with Gasteiger partial charge in [0.05, 0.1) is 25.6 Å². The van der Waals surface area contributed by atoms with Crippen molar-refractivity contribution in [1.82, 2.24) is 9.97 Å². The number of nitrogens with one attached hydrogen (secondary N) is 1. The van der Waals surface area contributed by atoms with Crippen LogP contribution in [0, 0.1) is 5.41 Å². The van der Waals surface area contributed by atoms with Crippen LogP contribution in [-0.2, 0) is 4.79 Å². The molecule has 122 valence electrons. The van der Waals surface area contributed by atoms with Crippen molar-refractivity contribution < 1.29 is 14.6 Å². The molecule has 0 aromatic carbocycles. The minimum Gasteiger partial charge on any atom is -0.476 e. The molecule has 0 unspecified atom stereocenters. The van der Waals surface area contributed by atoms with Crippen molar-refractivity contribution in [3.05, 3.63) is 12.4 Å². The van der Waals surface area contributed by atoms with Crippen LogP contribution in [-0.4, -0.2) is 34.2 Å². The van der Waals surface area contributed by atoms with E-state index in [1.54, 1.807) is 0 Å². The lowest BCUT2D eigenvalue weighted by Gasteiger charge is -2.21. The van der Waals surface area contributed by atoms with Gasteiger partial charge in [0.1, 0.15) is 0 Å². The highest BCUT2D eigenvalue weighted by molar-refractivity contribution is 5.87. The zero-order valence-electron chi connectivity index (χ0n) is 14.2. The maximum atomic E-state index is 10.8. The van der Waals surface area contributed by atoms with Gasteiger partial charge in [-0.15, -0.1) is 0 Å². The SMILES string of the molecule is CC.CC.CC(=O)Nc1cncc(OCC(C)(C)CO)n1. The Kier molecular flexibility index (Phi) is 12.4. The van der Waals surface area contributed by atoms with Gasteiger partial charge in [-0.1, -0.05) is 41.5 Å². The molecule has 0 aliphatic rings. The van der Waals surface area contributed by atoms with E-state index >= 15 is 0 Å². The largest absolute Gasteiger partial charge is 0.476 e. The highest BCUT2D eigenvalue weighted by Gasteiger charge is 2.17. The van der Waals surface area contributed by atoms with Crippen LogP contribution >= 0.6 is 0 Å². The molecule has 6 nitrogen and oxygen atoms in total. The summed E-state index contributed by atoms with van der Waals surface area (Å²) < 4.78 is 5.40. The van der Waals surface area contributed by atoms with Gasteiger partial charge in [-0.2, -0.15) is 4.98 Å². The van der Waals surface area contributed by atoms with Gasteiger partial charge < -0.3 is 15.2 Å². The van der Waals surface area contributed by atoms with Gasteiger partial charge in [-0.3, -0.25) is 9.78 Å². The summed E-state index contributed by atoms with van der Waals surface area (Å²) in [6, 6.07) is 0. The molecule has 1 amide bonds. The summed E-state index contributed by atoms with van der Waals surface area (Å²) in [6.45, 7) is 13.5. The first-order chi connectivity index (χ1) is 9.93. The smallest absolute Gasteiger partial charge is 0.234 e. The van der Waals surface area contributed by atoms with E-state index in [0.717, 1.165) is 0 Å². The fourth-order valence-electron chi connectivity index (χ4n) is 0.973. The second kappa shape index (κ2) is 12.1. The molecule has 0 aliphatic heterocycles. The van der Waals surface area contributed by atoms with Gasteiger partial charge in [0.2, 0.25) is 11.8 Å². The number of ether oxygens (including phenoxy) is 1. The molecule has 6 heteroatoms. The maximum absolute atomic E-state index is 10.8. The van der Waals surface area contributed by atoms with Crippen molar-refractivity contribution in [1.29, 1.82) is 0 Å². The summed E-state index contributed by atoms with van der Waals surface area (Å²) in [5, 5.41) is 11.6. The number of nitrogens with zero attached hydrogens (tertiary/aromatic N) is 2. The molecule has 1 aromatic rings. The Hall–Kier alpha value is -1.69. The predicted octanol–water partition coefficient (Wildman–Crippen LogP) is 2.88. The van der Waals surface area contributed by atoms with E-state index < -0.39 is 0 Å². The summed E-state index contributed by atoms with van der Waals surface area (Å²) in [7, 11) is 0. The minimum atomic E-state index is -0.342. The van der Waals surface area contributed by atoms with Gasteiger partial charge in [0.15, 0.2) is 5.82 Å². The molecule has 0 saturated heterocycles. The van der Waals surface area contributed by atoms with Crippen LogP contribution in [0.25, 0.3) is 0 Å². The molecule has 0 fully saturated rings. The van der Waals surface area contributed by atoms with Crippen molar-refractivity contribution in [2.45, 2.75) is 48.5 Å². The van der Waals surface area contributed by atoms with E-state index in [2.05, 4.69) is 15.3 Å². The third kappa shape index (κ3) is 10.7. The third-order valence-corrected chi connectivity index (χ3v) is 1.96. The van der Waals surface area contributed by atoms with E-state index in [1.165, 1.54) is 19.3 Å². The first kappa shape index (κ1) is 21.6. The van der Waals surface area contributed by atoms with E-state index in [-0.39, 0.29) is 17.9 Å². The molecular weight excluding hydrogens is 270 g/mol. The number of amides is 1. The molecular formula is C15H29N3O3. The lowest BCUT2D eigenvalue weighted by Crippen LogP contribution is -2.25. The molecule has 1 rings (SSSR count). The second-order valence-corrected chi connectivity index (χ2v) is 4.53. The highest BCUT2D eigenvalue weighted by atomic mass is 16.5. The standard InChI is InChI=1S/C11H17N3O3.2C2H6/c1-8(16)13-9-4-12-5-10(14-9)17-7-11(2,3)6-15;2*1-2/h4-5,15H,6-7H2,1-3H3,(H,13,14,16);2*1-2H3. The van der Waals surface area contributed by atoms with E-state index in [9.17, 15) is 4.79 Å². The van der Waals surface area contributed by atoms with Gasteiger partial charge in [-0.25, -0.2) is 0 Å². The van der Waals surface area contributed by atoms with Crippen LogP contribution < -0.4 is 10.1 Å². The summed E-state index contributed by atoms with van der Waals surface area (Å²) in [6.07, 6.45) is 2.89. The zero-order chi connectivity index (χ0) is 16.9. The van der Waals surface area contributed by atoms with Gasteiger partial charge >= 0.3 is 0 Å².